The minimum absolute atomic E-state index is 0.565. The van der Waals surface area contributed by atoms with E-state index in [0.717, 1.165) is 12.0 Å². The van der Waals surface area contributed by atoms with Crippen LogP contribution in [0.3, 0.4) is 0 Å². The van der Waals surface area contributed by atoms with Crippen molar-refractivity contribution in [2.45, 2.75) is 33.0 Å². The summed E-state index contributed by atoms with van der Waals surface area (Å²) in [6.45, 7) is 7.38. The second-order valence-electron chi connectivity index (χ2n) is 3.34. The van der Waals surface area contributed by atoms with Crippen molar-refractivity contribution in [1.29, 1.82) is 0 Å². The molecule has 0 heterocycles. The van der Waals surface area contributed by atoms with Gasteiger partial charge in [-0.25, -0.2) is 0 Å². The van der Waals surface area contributed by atoms with E-state index in [0.29, 0.717) is 13.2 Å². The standard InChI is InChI=1S/C13H20O2/c1-4-13(14-5-2,15-6-3)12-10-8-7-9-11-12/h7-11H,4-6H2,1-3H3. The van der Waals surface area contributed by atoms with Gasteiger partial charge in [0.25, 0.3) is 0 Å². The molecular formula is C13H20O2. The molecule has 0 aliphatic rings. The van der Waals surface area contributed by atoms with E-state index >= 15 is 0 Å². The Hall–Kier alpha value is -0.860. The van der Waals surface area contributed by atoms with Crippen molar-refractivity contribution in [3.63, 3.8) is 0 Å². The van der Waals surface area contributed by atoms with Crippen molar-refractivity contribution in [1.82, 2.24) is 0 Å². The zero-order valence-electron chi connectivity index (χ0n) is 9.82. The largest absolute Gasteiger partial charge is 0.346 e. The second-order valence-corrected chi connectivity index (χ2v) is 3.34. The number of hydrogen-bond donors (Lipinski definition) is 0. The third-order valence-corrected chi connectivity index (χ3v) is 2.43. The molecule has 0 N–H and O–H groups in total. The monoisotopic (exact) mass is 208 g/mol. The molecule has 0 spiro atoms. The molecule has 0 fully saturated rings. The average molecular weight is 208 g/mol. The van der Waals surface area contributed by atoms with E-state index in [4.69, 9.17) is 9.47 Å². The summed E-state index contributed by atoms with van der Waals surface area (Å²) in [5.41, 5.74) is 1.09. The van der Waals surface area contributed by atoms with E-state index in [-0.39, 0.29) is 0 Å². The lowest BCUT2D eigenvalue weighted by atomic mass is 10.0. The molecule has 0 bridgehead atoms. The minimum atomic E-state index is -0.565. The molecule has 1 rings (SSSR count). The molecule has 0 aliphatic carbocycles. The van der Waals surface area contributed by atoms with Crippen LogP contribution in [-0.4, -0.2) is 13.2 Å². The highest BCUT2D eigenvalue weighted by molar-refractivity contribution is 5.20. The lowest BCUT2D eigenvalue weighted by Crippen LogP contribution is -2.32. The molecule has 2 heteroatoms. The predicted octanol–water partition coefficient (Wildman–Crippen LogP) is 3.32. The Labute approximate surface area is 92.2 Å². The van der Waals surface area contributed by atoms with E-state index in [9.17, 15) is 0 Å². The Bertz CT molecular complexity index is 263. The van der Waals surface area contributed by atoms with Crippen LogP contribution in [0.5, 0.6) is 0 Å². The van der Waals surface area contributed by atoms with Crippen LogP contribution in [-0.2, 0) is 15.3 Å². The summed E-state index contributed by atoms with van der Waals surface area (Å²) in [6, 6.07) is 10.1. The first-order chi connectivity index (χ1) is 7.29. The van der Waals surface area contributed by atoms with Crippen molar-refractivity contribution in [2.24, 2.45) is 0 Å². The lowest BCUT2D eigenvalue weighted by molar-refractivity contribution is -0.244. The van der Waals surface area contributed by atoms with Gasteiger partial charge in [-0.05, 0) is 13.8 Å². The van der Waals surface area contributed by atoms with Gasteiger partial charge in [0.05, 0.1) is 0 Å². The maximum atomic E-state index is 5.78. The quantitative estimate of drug-likeness (QED) is 0.668. The first-order valence-corrected chi connectivity index (χ1v) is 5.62. The van der Waals surface area contributed by atoms with Crippen LogP contribution in [0.2, 0.25) is 0 Å². The lowest BCUT2D eigenvalue weighted by Gasteiger charge is -2.32. The summed E-state index contributed by atoms with van der Waals surface area (Å²) in [6.07, 6.45) is 0.818. The van der Waals surface area contributed by atoms with Gasteiger partial charge in [-0.3, -0.25) is 0 Å². The number of ether oxygens (including phenoxy) is 2. The highest BCUT2D eigenvalue weighted by atomic mass is 16.7. The van der Waals surface area contributed by atoms with Gasteiger partial charge in [0.2, 0.25) is 0 Å². The van der Waals surface area contributed by atoms with Crippen LogP contribution in [0.15, 0.2) is 30.3 Å². The van der Waals surface area contributed by atoms with Crippen LogP contribution in [0, 0.1) is 0 Å². The molecule has 1 aromatic carbocycles. The summed E-state index contributed by atoms with van der Waals surface area (Å²) < 4.78 is 11.6. The molecule has 0 amide bonds. The second kappa shape index (κ2) is 5.89. The average Bonchev–Trinajstić information content (AvgIpc) is 2.30. The maximum absolute atomic E-state index is 5.78. The maximum Gasteiger partial charge on any atom is 0.194 e. The number of hydrogen-bond acceptors (Lipinski definition) is 2. The molecule has 1 aromatic rings. The van der Waals surface area contributed by atoms with Gasteiger partial charge >= 0.3 is 0 Å². The molecule has 0 saturated heterocycles. The number of rotatable bonds is 6. The van der Waals surface area contributed by atoms with E-state index in [1.165, 1.54) is 0 Å². The summed E-state index contributed by atoms with van der Waals surface area (Å²) in [4.78, 5) is 0. The highest BCUT2D eigenvalue weighted by Crippen LogP contribution is 2.30. The van der Waals surface area contributed by atoms with Crippen LogP contribution < -0.4 is 0 Å². The summed E-state index contributed by atoms with van der Waals surface area (Å²) in [5, 5.41) is 0. The Kier molecular flexibility index (Phi) is 4.79. The molecule has 0 radical (unpaired) electrons. The normalized spacial score (nSPS) is 11.7. The fourth-order valence-electron chi connectivity index (χ4n) is 1.77. The highest BCUT2D eigenvalue weighted by Gasteiger charge is 2.31. The van der Waals surface area contributed by atoms with Crippen LogP contribution in [0.4, 0.5) is 0 Å². The molecular weight excluding hydrogens is 188 g/mol. The summed E-state index contributed by atoms with van der Waals surface area (Å²) >= 11 is 0. The summed E-state index contributed by atoms with van der Waals surface area (Å²) in [5.74, 6) is -0.565. The van der Waals surface area contributed by atoms with Gasteiger partial charge in [0, 0.05) is 25.2 Å². The summed E-state index contributed by atoms with van der Waals surface area (Å²) in [7, 11) is 0. The Morgan fingerprint density at radius 3 is 1.87 bits per heavy atom. The molecule has 84 valence electrons. The van der Waals surface area contributed by atoms with E-state index in [1.807, 2.05) is 32.0 Å². The third-order valence-electron chi connectivity index (χ3n) is 2.43. The smallest absolute Gasteiger partial charge is 0.194 e. The number of benzene rings is 1. The van der Waals surface area contributed by atoms with Gasteiger partial charge in [0.15, 0.2) is 5.79 Å². The van der Waals surface area contributed by atoms with Crippen molar-refractivity contribution in [3.8, 4) is 0 Å². The molecule has 0 unspecified atom stereocenters. The fourth-order valence-corrected chi connectivity index (χ4v) is 1.77. The van der Waals surface area contributed by atoms with Crippen LogP contribution >= 0.6 is 0 Å². The Morgan fingerprint density at radius 2 is 1.47 bits per heavy atom. The topological polar surface area (TPSA) is 18.5 Å². The van der Waals surface area contributed by atoms with Crippen molar-refractivity contribution < 1.29 is 9.47 Å². The first kappa shape index (κ1) is 12.2. The molecule has 0 saturated carbocycles. The van der Waals surface area contributed by atoms with Crippen LogP contribution in [0.25, 0.3) is 0 Å². The Balaban J connectivity index is 2.97. The SMILES string of the molecule is CCOC(CC)(OCC)c1ccccc1. The van der Waals surface area contributed by atoms with Gasteiger partial charge in [-0.1, -0.05) is 37.3 Å². The Morgan fingerprint density at radius 1 is 0.933 bits per heavy atom. The van der Waals surface area contributed by atoms with Crippen LogP contribution in [0.1, 0.15) is 32.8 Å². The van der Waals surface area contributed by atoms with Gasteiger partial charge < -0.3 is 9.47 Å². The van der Waals surface area contributed by atoms with Gasteiger partial charge in [0.1, 0.15) is 0 Å². The fraction of sp³-hybridized carbons (Fsp3) is 0.538. The molecule has 0 aromatic heterocycles. The zero-order valence-corrected chi connectivity index (χ0v) is 9.82. The minimum Gasteiger partial charge on any atom is -0.346 e. The molecule has 2 nitrogen and oxygen atoms in total. The van der Waals surface area contributed by atoms with Crippen molar-refractivity contribution in [3.05, 3.63) is 35.9 Å². The van der Waals surface area contributed by atoms with E-state index < -0.39 is 5.79 Å². The van der Waals surface area contributed by atoms with E-state index in [2.05, 4.69) is 19.1 Å². The zero-order chi connectivity index (χ0) is 11.1. The van der Waals surface area contributed by atoms with Gasteiger partial charge in [-0.15, -0.1) is 0 Å². The molecule has 0 aliphatic heterocycles. The molecule has 0 atom stereocenters. The third kappa shape index (κ3) is 2.80. The van der Waals surface area contributed by atoms with Crippen molar-refractivity contribution >= 4 is 0 Å². The van der Waals surface area contributed by atoms with Crippen molar-refractivity contribution in [2.75, 3.05) is 13.2 Å². The van der Waals surface area contributed by atoms with E-state index in [1.54, 1.807) is 0 Å². The van der Waals surface area contributed by atoms with Gasteiger partial charge in [-0.2, -0.15) is 0 Å². The molecule has 15 heavy (non-hydrogen) atoms. The predicted molar refractivity (Wildman–Crippen MR) is 61.7 cm³/mol. The first-order valence-electron chi connectivity index (χ1n) is 5.62.